The number of hydrogen-bond acceptors (Lipinski definition) is 1. The molecule has 0 saturated carbocycles. The molecule has 2 nitrogen and oxygen atoms in total. The van der Waals surface area contributed by atoms with Crippen molar-refractivity contribution in [2.24, 2.45) is 0 Å². The third-order valence-electron chi connectivity index (χ3n) is 3.16. The molecule has 110 valence electrons. The molecule has 1 amide bonds. The SMILES string of the molecule is CC(C)(C)c1ccccc1NC(=O)c1cc(Cl)ccc1Cl. The summed E-state index contributed by atoms with van der Waals surface area (Å²) in [6, 6.07) is 12.6. The number of carbonyl (C=O) groups excluding carboxylic acids is 1. The van der Waals surface area contributed by atoms with Gasteiger partial charge in [-0.05, 0) is 35.2 Å². The third-order valence-corrected chi connectivity index (χ3v) is 3.72. The van der Waals surface area contributed by atoms with Crippen molar-refractivity contribution in [3.63, 3.8) is 0 Å². The Morgan fingerprint density at radius 3 is 2.38 bits per heavy atom. The molecule has 0 aliphatic carbocycles. The summed E-state index contributed by atoms with van der Waals surface area (Å²) >= 11 is 12.0. The number of nitrogens with one attached hydrogen (secondary N) is 1. The second-order valence-electron chi connectivity index (χ2n) is 5.87. The standard InChI is InChI=1S/C17H17Cl2NO/c1-17(2,3)13-6-4-5-7-15(13)20-16(21)12-10-11(18)8-9-14(12)19/h4-10H,1-3H3,(H,20,21). The molecule has 0 aliphatic heterocycles. The topological polar surface area (TPSA) is 29.1 Å². The van der Waals surface area contributed by atoms with Crippen molar-refractivity contribution < 1.29 is 4.79 Å². The second-order valence-corrected chi connectivity index (χ2v) is 6.72. The highest BCUT2D eigenvalue weighted by Gasteiger charge is 2.19. The number of hydrogen-bond donors (Lipinski definition) is 1. The Morgan fingerprint density at radius 2 is 1.71 bits per heavy atom. The Morgan fingerprint density at radius 1 is 1.05 bits per heavy atom. The van der Waals surface area contributed by atoms with Crippen LogP contribution >= 0.6 is 23.2 Å². The van der Waals surface area contributed by atoms with Crippen molar-refractivity contribution >= 4 is 34.8 Å². The van der Waals surface area contributed by atoms with E-state index in [9.17, 15) is 4.79 Å². The minimum Gasteiger partial charge on any atom is -0.322 e. The molecule has 1 N–H and O–H groups in total. The molecule has 0 saturated heterocycles. The van der Waals surface area contributed by atoms with E-state index in [2.05, 4.69) is 26.1 Å². The van der Waals surface area contributed by atoms with E-state index in [1.807, 2.05) is 24.3 Å². The molecule has 2 aromatic carbocycles. The largest absolute Gasteiger partial charge is 0.322 e. The van der Waals surface area contributed by atoms with Crippen LogP contribution in [0.4, 0.5) is 5.69 Å². The van der Waals surface area contributed by atoms with Gasteiger partial charge < -0.3 is 5.32 Å². The van der Waals surface area contributed by atoms with Gasteiger partial charge in [0.2, 0.25) is 0 Å². The first-order chi connectivity index (χ1) is 9.79. The van der Waals surface area contributed by atoms with Crippen LogP contribution in [-0.4, -0.2) is 5.91 Å². The molecule has 0 atom stereocenters. The molecule has 0 fully saturated rings. The molecule has 0 unspecified atom stereocenters. The summed E-state index contributed by atoms with van der Waals surface area (Å²) in [5.41, 5.74) is 2.15. The van der Waals surface area contributed by atoms with Gasteiger partial charge >= 0.3 is 0 Å². The zero-order valence-corrected chi connectivity index (χ0v) is 13.7. The van der Waals surface area contributed by atoms with Gasteiger partial charge in [-0.15, -0.1) is 0 Å². The maximum atomic E-state index is 12.4. The molecule has 0 aliphatic rings. The van der Waals surface area contributed by atoms with E-state index in [4.69, 9.17) is 23.2 Å². The maximum Gasteiger partial charge on any atom is 0.257 e. The Bertz CT molecular complexity index is 675. The Hall–Kier alpha value is -1.51. The summed E-state index contributed by atoms with van der Waals surface area (Å²) in [5.74, 6) is -0.265. The van der Waals surface area contributed by atoms with Gasteiger partial charge in [-0.25, -0.2) is 0 Å². The van der Waals surface area contributed by atoms with Crippen LogP contribution in [0.15, 0.2) is 42.5 Å². The lowest BCUT2D eigenvalue weighted by Crippen LogP contribution is -2.19. The summed E-state index contributed by atoms with van der Waals surface area (Å²) in [6.45, 7) is 6.30. The molecule has 0 bridgehead atoms. The van der Waals surface area contributed by atoms with Crippen LogP contribution in [0.3, 0.4) is 0 Å². The molecule has 0 radical (unpaired) electrons. The molecular weight excluding hydrogens is 305 g/mol. The van der Waals surface area contributed by atoms with Crippen molar-refractivity contribution in [3.8, 4) is 0 Å². The summed E-state index contributed by atoms with van der Waals surface area (Å²) in [4.78, 5) is 12.4. The minimum absolute atomic E-state index is 0.0675. The smallest absolute Gasteiger partial charge is 0.257 e. The van der Waals surface area contributed by atoms with Crippen molar-refractivity contribution in [1.29, 1.82) is 0 Å². The van der Waals surface area contributed by atoms with Crippen LogP contribution in [-0.2, 0) is 5.41 Å². The van der Waals surface area contributed by atoms with Crippen molar-refractivity contribution in [3.05, 3.63) is 63.6 Å². The number of anilines is 1. The Kier molecular flexibility index (Phi) is 4.60. The Labute approximate surface area is 135 Å². The lowest BCUT2D eigenvalue weighted by atomic mass is 9.86. The summed E-state index contributed by atoms with van der Waals surface area (Å²) < 4.78 is 0. The number of benzene rings is 2. The van der Waals surface area contributed by atoms with E-state index in [0.29, 0.717) is 15.6 Å². The van der Waals surface area contributed by atoms with Crippen LogP contribution in [0.1, 0.15) is 36.7 Å². The van der Waals surface area contributed by atoms with Gasteiger partial charge in [0.15, 0.2) is 0 Å². The quantitative estimate of drug-likeness (QED) is 0.772. The van der Waals surface area contributed by atoms with Crippen LogP contribution in [0.5, 0.6) is 0 Å². The summed E-state index contributed by atoms with van der Waals surface area (Å²) in [7, 11) is 0. The molecule has 0 heterocycles. The van der Waals surface area contributed by atoms with Crippen LogP contribution in [0, 0.1) is 0 Å². The molecule has 2 rings (SSSR count). The second kappa shape index (κ2) is 6.08. The number of amides is 1. The number of halogens is 2. The predicted octanol–water partition coefficient (Wildman–Crippen LogP) is 5.54. The Balaban J connectivity index is 2.35. The highest BCUT2D eigenvalue weighted by atomic mass is 35.5. The van der Waals surface area contributed by atoms with Crippen LogP contribution < -0.4 is 5.32 Å². The lowest BCUT2D eigenvalue weighted by Gasteiger charge is -2.23. The summed E-state index contributed by atoms with van der Waals surface area (Å²) in [5, 5.41) is 3.78. The van der Waals surface area contributed by atoms with Crippen molar-refractivity contribution in [1.82, 2.24) is 0 Å². The minimum atomic E-state index is -0.265. The summed E-state index contributed by atoms with van der Waals surface area (Å²) in [6.07, 6.45) is 0. The van der Waals surface area contributed by atoms with Crippen LogP contribution in [0.2, 0.25) is 10.0 Å². The van der Waals surface area contributed by atoms with E-state index in [0.717, 1.165) is 11.3 Å². The van der Waals surface area contributed by atoms with Gasteiger partial charge in [0.05, 0.1) is 10.6 Å². The zero-order chi connectivity index (χ0) is 15.6. The molecule has 0 spiro atoms. The average molecular weight is 322 g/mol. The zero-order valence-electron chi connectivity index (χ0n) is 12.2. The predicted molar refractivity (Wildman–Crippen MR) is 89.6 cm³/mol. The monoisotopic (exact) mass is 321 g/mol. The highest BCUT2D eigenvalue weighted by molar-refractivity contribution is 6.36. The van der Waals surface area contributed by atoms with Gasteiger partial charge in [0, 0.05) is 10.7 Å². The highest BCUT2D eigenvalue weighted by Crippen LogP contribution is 2.30. The number of para-hydroxylation sites is 1. The third kappa shape index (κ3) is 3.78. The van der Waals surface area contributed by atoms with Crippen molar-refractivity contribution in [2.75, 3.05) is 5.32 Å². The average Bonchev–Trinajstić information content (AvgIpc) is 2.41. The first-order valence-corrected chi connectivity index (χ1v) is 7.40. The van der Waals surface area contributed by atoms with E-state index in [1.54, 1.807) is 18.2 Å². The molecule has 0 aromatic heterocycles. The van der Waals surface area contributed by atoms with E-state index in [-0.39, 0.29) is 11.3 Å². The lowest BCUT2D eigenvalue weighted by molar-refractivity contribution is 0.102. The fourth-order valence-corrected chi connectivity index (χ4v) is 2.48. The van der Waals surface area contributed by atoms with Gasteiger partial charge in [-0.1, -0.05) is 62.2 Å². The first kappa shape index (κ1) is 15.9. The van der Waals surface area contributed by atoms with E-state index in [1.165, 1.54) is 0 Å². The van der Waals surface area contributed by atoms with E-state index >= 15 is 0 Å². The van der Waals surface area contributed by atoms with Gasteiger partial charge in [-0.3, -0.25) is 4.79 Å². The molecule has 4 heteroatoms. The van der Waals surface area contributed by atoms with Crippen LogP contribution in [0.25, 0.3) is 0 Å². The maximum absolute atomic E-state index is 12.4. The van der Waals surface area contributed by atoms with Gasteiger partial charge in [-0.2, -0.15) is 0 Å². The molecule has 21 heavy (non-hydrogen) atoms. The van der Waals surface area contributed by atoms with Gasteiger partial charge in [0.25, 0.3) is 5.91 Å². The first-order valence-electron chi connectivity index (χ1n) is 6.65. The normalized spacial score (nSPS) is 11.3. The van der Waals surface area contributed by atoms with E-state index < -0.39 is 0 Å². The molecule has 2 aromatic rings. The van der Waals surface area contributed by atoms with Gasteiger partial charge in [0.1, 0.15) is 0 Å². The number of rotatable bonds is 2. The van der Waals surface area contributed by atoms with Crippen molar-refractivity contribution in [2.45, 2.75) is 26.2 Å². The molecular formula is C17H17Cl2NO. The fraction of sp³-hybridized carbons (Fsp3) is 0.235. The number of carbonyl (C=O) groups is 1. The fourth-order valence-electron chi connectivity index (χ4n) is 2.11.